The number of Topliss-reactive ketones (excluding diaryl/α,β-unsaturated/α-hetero) is 1. The van der Waals surface area contributed by atoms with Gasteiger partial charge in [-0.15, -0.1) is 0 Å². The lowest BCUT2D eigenvalue weighted by atomic mass is 9.60. The molecule has 0 radical (unpaired) electrons. The van der Waals surface area contributed by atoms with E-state index in [2.05, 4.69) is 36.4 Å². The number of carbonyl (C=O) groups excluding carboxylic acids is 1. The summed E-state index contributed by atoms with van der Waals surface area (Å²) in [7, 11) is -2.85. The zero-order chi connectivity index (χ0) is 36.8. The SMILES string of the molecule is COc1ccc(C(=O)CS(OB(O)OC(C)(C)C(c2ccccc2)(c2ccccc2)c2ccccc2)(c2ccc(C)cc2)c2ccc(C)cc2)cc1. The van der Waals surface area contributed by atoms with E-state index in [0.29, 0.717) is 11.3 Å². The number of ether oxygens (including phenoxy) is 1. The first kappa shape index (κ1) is 36.9. The van der Waals surface area contributed by atoms with Crippen LogP contribution < -0.4 is 4.74 Å². The first-order valence-electron chi connectivity index (χ1n) is 17.4. The Hall–Kier alpha value is -4.92. The van der Waals surface area contributed by atoms with E-state index < -0.39 is 28.6 Å². The predicted octanol–water partition coefficient (Wildman–Crippen LogP) is 10.2. The van der Waals surface area contributed by atoms with Gasteiger partial charge in [0.2, 0.25) is 0 Å². The first-order chi connectivity index (χ1) is 25.1. The summed E-state index contributed by atoms with van der Waals surface area (Å²) < 4.78 is 19.1. The molecule has 6 rings (SSSR count). The van der Waals surface area contributed by atoms with E-state index in [4.69, 9.17) is 13.5 Å². The molecule has 52 heavy (non-hydrogen) atoms. The number of ketones is 1. The number of hydrogen-bond donors (Lipinski definition) is 1. The number of benzene rings is 6. The molecule has 0 unspecified atom stereocenters. The highest BCUT2D eigenvalue weighted by molar-refractivity contribution is 8.31. The van der Waals surface area contributed by atoms with Crippen molar-refractivity contribution >= 4 is 23.4 Å². The summed E-state index contributed by atoms with van der Waals surface area (Å²) in [4.78, 5) is 15.9. The van der Waals surface area contributed by atoms with E-state index >= 15 is 0 Å². The zero-order valence-corrected chi connectivity index (χ0v) is 31.2. The molecule has 0 fully saturated rings. The van der Waals surface area contributed by atoms with Gasteiger partial charge in [0.05, 0.1) is 23.9 Å². The van der Waals surface area contributed by atoms with Gasteiger partial charge < -0.3 is 18.5 Å². The predicted molar refractivity (Wildman–Crippen MR) is 212 cm³/mol. The molecule has 0 aromatic heterocycles. The Bertz CT molecular complexity index is 1910. The van der Waals surface area contributed by atoms with Crippen LogP contribution in [0, 0.1) is 13.8 Å². The van der Waals surface area contributed by atoms with Crippen molar-refractivity contribution in [3.05, 3.63) is 197 Å². The van der Waals surface area contributed by atoms with Crippen molar-refractivity contribution in [2.45, 2.75) is 48.5 Å². The lowest BCUT2D eigenvalue weighted by Crippen LogP contribution is -2.54. The summed E-state index contributed by atoms with van der Waals surface area (Å²) in [6.45, 7) is 8.02. The summed E-state index contributed by atoms with van der Waals surface area (Å²) in [6.07, 6.45) is 0. The second-order valence-electron chi connectivity index (χ2n) is 13.5. The average molecular weight is 709 g/mol. The Morgan fingerprint density at radius 1 is 0.615 bits per heavy atom. The third kappa shape index (κ3) is 7.36. The van der Waals surface area contributed by atoms with Gasteiger partial charge in [0.25, 0.3) is 0 Å². The van der Waals surface area contributed by atoms with Crippen molar-refractivity contribution < 1.29 is 23.3 Å². The van der Waals surface area contributed by atoms with Crippen molar-refractivity contribution in [1.29, 1.82) is 0 Å². The maximum Gasteiger partial charge on any atom is 0.648 e. The van der Waals surface area contributed by atoms with Gasteiger partial charge in [-0.2, -0.15) is 0 Å². The Morgan fingerprint density at radius 2 is 1.02 bits per heavy atom. The smallest absolute Gasteiger partial charge is 0.497 e. The molecule has 0 atom stereocenters. The number of methoxy groups -OCH3 is 1. The van der Waals surface area contributed by atoms with Crippen LogP contribution in [-0.4, -0.2) is 36.6 Å². The van der Waals surface area contributed by atoms with E-state index in [1.807, 2.05) is 131 Å². The highest BCUT2D eigenvalue weighted by Gasteiger charge is 2.53. The van der Waals surface area contributed by atoms with Gasteiger partial charge in [-0.25, -0.2) is 0 Å². The molecule has 6 aromatic carbocycles. The van der Waals surface area contributed by atoms with Crippen LogP contribution >= 0.6 is 10.3 Å². The normalized spacial score (nSPS) is 12.3. The van der Waals surface area contributed by atoms with E-state index in [1.165, 1.54) is 0 Å². The summed E-state index contributed by atoms with van der Waals surface area (Å²) in [5.41, 5.74) is 3.65. The van der Waals surface area contributed by atoms with Crippen LogP contribution in [0.4, 0.5) is 0 Å². The molecule has 264 valence electrons. The van der Waals surface area contributed by atoms with Crippen LogP contribution in [-0.2, 0) is 14.2 Å². The van der Waals surface area contributed by atoms with Crippen molar-refractivity contribution in [3.63, 3.8) is 0 Å². The van der Waals surface area contributed by atoms with Crippen LogP contribution in [0.1, 0.15) is 52.0 Å². The lowest BCUT2D eigenvalue weighted by Gasteiger charge is -2.49. The maximum atomic E-state index is 14.3. The molecule has 0 saturated heterocycles. The second kappa shape index (κ2) is 15.8. The van der Waals surface area contributed by atoms with Gasteiger partial charge in [-0.1, -0.05) is 137 Å². The van der Waals surface area contributed by atoms with Gasteiger partial charge in [-0.3, -0.25) is 4.79 Å². The van der Waals surface area contributed by atoms with Gasteiger partial charge in [0.1, 0.15) is 5.75 Å². The van der Waals surface area contributed by atoms with Crippen molar-refractivity contribution in [3.8, 4) is 5.75 Å². The lowest BCUT2D eigenvalue weighted by molar-refractivity contribution is 0.0148. The molecule has 0 amide bonds. The summed E-state index contributed by atoms with van der Waals surface area (Å²) in [5, 5.41) is 12.3. The summed E-state index contributed by atoms with van der Waals surface area (Å²) >= 11 is 0. The monoisotopic (exact) mass is 708 g/mol. The Balaban J connectivity index is 1.49. The van der Waals surface area contributed by atoms with Crippen molar-refractivity contribution in [2.24, 2.45) is 0 Å². The average Bonchev–Trinajstić information content (AvgIpc) is 3.16. The quantitative estimate of drug-likeness (QED) is 0.0694. The van der Waals surface area contributed by atoms with Crippen LogP contribution in [0.3, 0.4) is 0 Å². The fourth-order valence-corrected chi connectivity index (χ4v) is 10.0. The molecule has 0 bridgehead atoms. The molecular weight excluding hydrogens is 663 g/mol. The molecule has 7 heteroatoms. The van der Waals surface area contributed by atoms with Crippen LogP contribution in [0.2, 0.25) is 0 Å². The van der Waals surface area contributed by atoms with Gasteiger partial charge >= 0.3 is 7.32 Å². The minimum absolute atomic E-state index is 0.0203. The highest BCUT2D eigenvalue weighted by atomic mass is 32.3. The van der Waals surface area contributed by atoms with Crippen molar-refractivity contribution in [1.82, 2.24) is 0 Å². The molecule has 0 heterocycles. The van der Waals surface area contributed by atoms with Crippen LogP contribution in [0.5, 0.6) is 5.75 Å². The molecule has 0 aliphatic carbocycles. The van der Waals surface area contributed by atoms with E-state index in [-0.39, 0.29) is 11.5 Å². The Labute approximate surface area is 309 Å². The fraction of sp³-hybridized carbons (Fsp3) is 0.178. The Morgan fingerprint density at radius 3 is 1.40 bits per heavy atom. The third-order valence-electron chi connectivity index (χ3n) is 9.72. The zero-order valence-electron chi connectivity index (χ0n) is 30.4. The summed E-state index contributed by atoms with van der Waals surface area (Å²) in [5.74, 6) is 0.513. The van der Waals surface area contributed by atoms with Crippen molar-refractivity contribution in [2.75, 3.05) is 12.9 Å². The molecule has 0 aliphatic heterocycles. The molecule has 5 nitrogen and oxygen atoms in total. The number of aryl methyl sites for hydroxylation is 2. The molecule has 6 aromatic rings. The number of hydrogen-bond acceptors (Lipinski definition) is 5. The Kier molecular flexibility index (Phi) is 11.2. The summed E-state index contributed by atoms with van der Waals surface area (Å²) in [6, 6.07) is 53.8. The molecule has 0 saturated carbocycles. The number of carbonyl (C=O) groups is 1. The molecule has 0 spiro atoms. The van der Waals surface area contributed by atoms with E-state index in [1.54, 1.807) is 31.4 Å². The highest BCUT2D eigenvalue weighted by Crippen LogP contribution is 2.64. The topological polar surface area (TPSA) is 65.0 Å². The third-order valence-corrected chi connectivity index (χ3v) is 12.9. The minimum atomic E-state index is -2.72. The van der Waals surface area contributed by atoms with E-state index in [0.717, 1.165) is 37.6 Å². The van der Waals surface area contributed by atoms with E-state index in [9.17, 15) is 9.82 Å². The van der Waals surface area contributed by atoms with Crippen LogP contribution in [0.25, 0.3) is 0 Å². The molecular formula is C45H45BO5S. The van der Waals surface area contributed by atoms with Crippen LogP contribution in [0.15, 0.2) is 174 Å². The van der Waals surface area contributed by atoms with Gasteiger partial charge in [-0.05, 0) is 92.9 Å². The molecule has 0 aliphatic rings. The van der Waals surface area contributed by atoms with Gasteiger partial charge in [0, 0.05) is 15.4 Å². The first-order valence-corrected chi connectivity index (χ1v) is 19.1. The minimum Gasteiger partial charge on any atom is -0.497 e. The maximum absolute atomic E-state index is 14.3. The fourth-order valence-electron chi connectivity index (χ4n) is 7.12. The standard InChI is InChI=1S/C45H45BO5S/c1-34-21-29-41(30-22-34)52(42-31-23-35(2)24-32-42,33-43(47)36-25-27-40(49-5)28-26-36)51-46(48)50-44(3,4)45(37-15-9-6-10-16-37,38-17-11-7-12-18-38)39-19-13-8-14-20-39/h6-32,48H,33H2,1-5H3. The number of rotatable bonds is 14. The second-order valence-corrected chi connectivity index (χ2v) is 16.3. The largest absolute Gasteiger partial charge is 0.648 e. The van der Waals surface area contributed by atoms with Gasteiger partial charge in [0.15, 0.2) is 5.78 Å². The molecule has 1 N–H and O–H groups in total.